The van der Waals surface area contributed by atoms with Crippen LogP contribution in [0.3, 0.4) is 0 Å². The van der Waals surface area contributed by atoms with Crippen molar-refractivity contribution in [1.82, 2.24) is 10.3 Å². The van der Waals surface area contributed by atoms with Gasteiger partial charge in [0, 0.05) is 10.9 Å². The van der Waals surface area contributed by atoms with Gasteiger partial charge in [0.1, 0.15) is 5.01 Å². The average molecular weight is 295 g/mol. The van der Waals surface area contributed by atoms with E-state index in [1.54, 1.807) is 0 Å². The van der Waals surface area contributed by atoms with Gasteiger partial charge in [0.2, 0.25) is 0 Å². The Morgan fingerprint density at radius 1 is 1.15 bits per heavy atom. The number of aryl methyl sites for hydroxylation is 2. The largest absolute Gasteiger partial charge is 0.303 e. The molecular formula is C17H30N2S. The third kappa shape index (κ3) is 3.25. The molecule has 1 aliphatic carbocycles. The highest BCUT2D eigenvalue weighted by Crippen LogP contribution is 2.43. The Morgan fingerprint density at radius 3 is 2.15 bits per heavy atom. The summed E-state index contributed by atoms with van der Waals surface area (Å²) in [4.78, 5) is 6.26. The third-order valence-electron chi connectivity index (χ3n) is 4.83. The molecule has 114 valence electrons. The molecule has 1 aromatic rings. The molecule has 1 heterocycles. The Labute approximate surface area is 128 Å². The predicted molar refractivity (Wildman–Crippen MR) is 88.3 cm³/mol. The van der Waals surface area contributed by atoms with Crippen molar-refractivity contribution in [3.63, 3.8) is 0 Å². The van der Waals surface area contributed by atoms with Gasteiger partial charge >= 0.3 is 0 Å². The van der Waals surface area contributed by atoms with Crippen LogP contribution in [0.25, 0.3) is 0 Å². The molecule has 0 unspecified atom stereocenters. The first-order valence-electron chi connectivity index (χ1n) is 8.06. The van der Waals surface area contributed by atoms with E-state index in [0.29, 0.717) is 6.04 Å². The normalized spacial score (nSPS) is 27.5. The minimum absolute atomic E-state index is 0.128. The molecule has 20 heavy (non-hydrogen) atoms. The van der Waals surface area contributed by atoms with E-state index in [0.717, 1.165) is 11.8 Å². The van der Waals surface area contributed by atoms with Crippen molar-refractivity contribution in [3.8, 4) is 0 Å². The molecule has 0 radical (unpaired) electrons. The first kappa shape index (κ1) is 16.0. The number of nitrogens with zero attached hydrogens (tertiary/aromatic N) is 1. The Morgan fingerprint density at radius 2 is 1.75 bits per heavy atom. The van der Waals surface area contributed by atoms with Crippen LogP contribution in [-0.2, 0) is 5.54 Å². The number of nitrogens with one attached hydrogen (secondary N) is 1. The second kappa shape index (κ2) is 6.15. The molecular weight excluding hydrogens is 264 g/mol. The Bertz CT molecular complexity index is 420. The zero-order valence-corrected chi connectivity index (χ0v) is 14.7. The molecule has 1 saturated carbocycles. The lowest BCUT2D eigenvalue weighted by molar-refractivity contribution is 0.151. The Kier molecular flexibility index (Phi) is 4.91. The Balaban J connectivity index is 2.24. The van der Waals surface area contributed by atoms with Crippen molar-refractivity contribution in [2.75, 3.05) is 0 Å². The first-order chi connectivity index (χ1) is 9.34. The molecule has 3 heteroatoms. The van der Waals surface area contributed by atoms with Gasteiger partial charge in [-0.15, -0.1) is 11.3 Å². The van der Waals surface area contributed by atoms with Gasteiger partial charge in [-0.25, -0.2) is 4.98 Å². The molecule has 0 aromatic carbocycles. The van der Waals surface area contributed by atoms with Crippen molar-refractivity contribution in [3.05, 3.63) is 15.6 Å². The highest BCUT2D eigenvalue weighted by atomic mass is 32.1. The fraction of sp³-hybridized carbons (Fsp3) is 0.824. The van der Waals surface area contributed by atoms with Gasteiger partial charge in [-0.2, -0.15) is 0 Å². The van der Waals surface area contributed by atoms with Crippen LogP contribution in [0, 0.1) is 25.7 Å². The fourth-order valence-electron chi connectivity index (χ4n) is 3.45. The first-order valence-corrected chi connectivity index (χ1v) is 8.88. The third-order valence-corrected chi connectivity index (χ3v) is 6.11. The molecule has 0 spiro atoms. The summed E-state index contributed by atoms with van der Waals surface area (Å²) in [5.74, 6) is 1.70. The number of hydrogen-bond donors (Lipinski definition) is 1. The zero-order valence-electron chi connectivity index (χ0n) is 13.9. The van der Waals surface area contributed by atoms with Crippen LogP contribution in [0.1, 0.15) is 69.0 Å². The summed E-state index contributed by atoms with van der Waals surface area (Å²) in [5.41, 5.74) is 1.34. The van der Waals surface area contributed by atoms with E-state index in [1.807, 2.05) is 11.3 Å². The lowest BCUT2D eigenvalue weighted by Crippen LogP contribution is -2.48. The van der Waals surface area contributed by atoms with Gasteiger partial charge in [0.25, 0.3) is 0 Å². The summed E-state index contributed by atoms with van der Waals surface area (Å²) < 4.78 is 0. The van der Waals surface area contributed by atoms with Crippen LogP contribution in [-0.4, -0.2) is 11.0 Å². The molecule has 0 saturated heterocycles. The predicted octanol–water partition coefficient (Wildman–Crippen LogP) is 4.80. The van der Waals surface area contributed by atoms with E-state index >= 15 is 0 Å². The second-order valence-electron chi connectivity index (χ2n) is 7.12. The van der Waals surface area contributed by atoms with E-state index in [1.165, 1.54) is 41.3 Å². The number of aromatic nitrogens is 1. The van der Waals surface area contributed by atoms with E-state index in [4.69, 9.17) is 4.98 Å². The highest BCUT2D eigenvalue weighted by Gasteiger charge is 2.40. The molecule has 0 bridgehead atoms. The van der Waals surface area contributed by atoms with Gasteiger partial charge in [-0.05, 0) is 65.2 Å². The van der Waals surface area contributed by atoms with Crippen molar-refractivity contribution in [2.45, 2.75) is 78.8 Å². The number of rotatable bonds is 4. The fourth-order valence-corrected chi connectivity index (χ4v) is 4.57. The van der Waals surface area contributed by atoms with Crippen molar-refractivity contribution in [1.29, 1.82) is 0 Å². The van der Waals surface area contributed by atoms with Gasteiger partial charge in [0.15, 0.2) is 0 Å². The lowest BCUT2D eigenvalue weighted by Gasteiger charge is -2.42. The summed E-state index contributed by atoms with van der Waals surface area (Å²) in [7, 11) is 0. The highest BCUT2D eigenvalue weighted by molar-refractivity contribution is 7.11. The zero-order chi connectivity index (χ0) is 14.9. The molecule has 0 aliphatic heterocycles. The molecule has 1 N–H and O–H groups in total. The maximum absolute atomic E-state index is 4.89. The van der Waals surface area contributed by atoms with Crippen LogP contribution >= 0.6 is 11.3 Å². The summed E-state index contributed by atoms with van der Waals surface area (Å²) in [6.07, 6.45) is 5.13. The summed E-state index contributed by atoms with van der Waals surface area (Å²) in [6, 6.07) is 0.509. The lowest BCUT2D eigenvalue weighted by atomic mass is 9.72. The summed E-state index contributed by atoms with van der Waals surface area (Å²) in [5, 5.41) is 5.18. The molecule has 1 aliphatic rings. The van der Waals surface area contributed by atoms with Crippen molar-refractivity contribution >= 4 is 11.3 Å². The molecule has 1 aromatic heterocycles. The minimum atomic E-state index is 0.128. The van der Waals surface area contributed by atoms with E-state index in [-0.39, 0.29) is 5.54 Å². The van der Waals surface area contributed by atoms with Crippen LogP contribution in [0.2, 0.25) is 0 Å². The van der Waals surface area contributed by atoms with Crippen LogP contribution in [0.4, 0.5) is 0 Å². The summed E-state index contributed by atoms with van der Waals surface area (Å²) >= 11 is 1.90. The number of thiazole rings is 1. The van der Waals surface area contributed by atoms with Crippen molar-refractivity contribution < 1.29 is 0 Å². The number of hydrogen-bond acceptors (Lipinski definition) is 3. The van der Waals surface area contributed by atoms with Crippen LogP contribution in [0.5, 0.6) is 0 Å². The van der Waals surface area contributed by atoms with Crippen LogP contribution in [0.15, 0.2) is 0 Å². The van der Waals surface area contributed by atoms with E-state index in [9.17, 15) is 0 Å². The van der Waals surface area contributed by atoms with Crippen molar-refractivity contribution in [2.24, 2.45) is 11.8 Å². The smallest absolute Gasteiger partial charge is 0.113 e. The molecule has 2 nitrogen and oxygen atoms in total. The van der Waals surface area contributed by atoms with Gasteiger partial charge in [-0.3, -0.25) is 0 Å². The molecule has 0 atom stereocenters. The summed E-state index contributed by atoms with van der Waals surface area (Å²) in [6.45, 7) is 13.6. The topological polar surface area (TPSA) is 24.9 Å². The minimum Gasteiger partial charge on any atom is -0.303 e. The van der Waals surface area contributed by atoms with E-state index in [2.05, 4.69) is 46.9 Å². The Hall–Kier alpha value is -0.410. The van der Waals surface area contributed by atoms with Crippen LogP contribution < -0.4 is 5.32 Å². The maximum Gasteiger partial charge on any atom is 0.113 e. The quantitative estimate of drug-likeness (QED) is 0.863. The molecule has 1 fully saturated rings. The standard InChI is InChI=1S/C17H30N2S/c1-11(2)15-7-9-17(10-8-15,19-12(3)4)16-18-13(5)14(6)20-16/h11-12,15,19H,7-10H2,1-6H3. The molecule has 2 rings (SSSR count). The van der Waals surface area contributed by atoms with Gasteiger partial charge in [0.05, 0.1) is 11.2 Å². The monoisotopic (exact) mass is 294 g/mol. The van der Waals surface area contributed by atoms with Gasteiger partial charge in [-0.1, -0.05) is 13.8 Å². The van der Waals surface area contributed by atoms with Gasteiger partial charge < -0.3 is 5.32 Å². The average Bonchev–Trinajstić information content (AvgIpc) is 2.70. The maximum atomic E-state index is 4.89. The molecule has 0 amide bonds. The van der Waals surface area contributed by atoms with E-state index < -0.39 is 0 Å². The second-order valence-corrected chi connectivity index (χ2v) is 8.33. The SMILES string of the molecule is Cc1nc(C2(NC(C)C)CCC(C(C)C)CC2)sc1C.